The van der Waals surface area contributed by atoms with Gasteiger partial charge in [-0.15, -0.1) is 5.06 Å². The second-order valence-corrected chi connectivity index (χ2v) is 14.8. The number of aliphatic hydroxyl groups is 1. The molecule has 0 saturated carbocycles. The Bertz CT molecular complexity index is 1410. The van der Waals surface area contributed by atoms with E-state index in [2.05, 4.69) is 78.2 Å². The predicted octanol–water partition coefficient (Wildman–Crippen LogP) is 5.96. The van der Waals surface area contributed by atoms with E-state index in [0.717, 1.165) is 56.0 Å². The van der Waals surface area contributed by atoms with Gasteiger partial charge in [-0.25, -0.2) is 9.78 Å². The summed E-state index contributed by atoms with van der Waals surface area (Å²) in [6.07, 6.45) is 8.61. The molecule has 3 aliphatic rings. The molecular formula is C38H54N6O3. The second-order valence-electron chi connectivity index (χ2n) is 14.8. The molecule has 254 valence electrons. The summed E-state index contributed by atoms with van der Waals surface area (Å²) in [4.78, 5) is 30.7. The normalized spacial score (nSPS) is 22.3. The second kappa shape index (κ2) is 15.3. The van der Waals surface area contributed by atoms with Gasteiger partial charge in [0.25, 0.3) is 0 Å². The van der Waals surface area contributed by atoms with Crippen LogP contribution >= 0.6 is 0 Å². The number of piperidine rings is 2. The van der Waals surface area contributed by atoms with Crippen molar-refractivity contribution in [3.05, 3.63) is 78.2 Å². The van der Waals surface area contributed by atoms with Gasteiger partial charge >= 0.3 is 6.09 Å². The lowest BCUT2D eigenvalue weighted by Crippen LogP contribution is -2.51. The van der Waals surface area contributed by atoms with Gasteiger partial charge in [0.2, 0.25) is 0 Å². The van der Waals surface area contributed by atoms with Crippen LogP contribution in [0.25, 0.3) is 11.3 Å². The van der Waals surface area contributed by atoms with Crippen LogP contribution in [0, 0.1) is 11.3 Å². The average molecular weight is 643 g/mol. The molecule has 0 radical (unpaired) electrons. The van der Waals surface area contributed by atoms with Gasteiger partial charge in [0.05, 0.1) is 18.3 Å². The first kappa shape index (κ1) is 33.7. The number of likely N-dealkylation sites (tertiary alicyclic amines) is 1. The number of aromatic nitrogens is 2. The summed E-state index contributed by atoms with van der Waals surface area (Å²) in [5.41, 5.74) is 2.73. The third-order valence-corrected chi connectivity index (χ3v) is 10.3. The van der Waals surface area contributed by atoms with Crippen molar-refractivity contribution in [1.29, 1.82) is 0 Å². The molecule has 1 amide bonds. The number of aliphatic hydroxyl groups excluding tert-OH is 1. The van der Waals surface area contributed by atoms with Gasteiger partial charge in [-0.3, -0.25) is 4.90 Å². The lowest BCUT2D eigenvalue weighted by atomic mass is 9.84. The third kappa shape index (κ3) is 8.26. The van der Waals surface area contributed by atoms with Crippen molar-refractivity contribution in [2.24, 2.45) is 11.3 Å². The fourth-order valence-corrected chi connectivity index (χ4v) is 7.83. The Morgan fingerprint density at radius 3 is 2.32 bits per heavy atom. The first-order valence-electron chi connectivity index (χ1n) is 17.8. The Kier molecular flexibility index (Phi) is 11.0. The average Bonchev–Trinajstić information content (AvgIpc) is 3.72. The van der Waals surface area contributed by atoms with Crippen LogP contribution in [0.15, 0.2) is 66.9 Å². The van der Waals surface area contributed by atoms with Crippen molar-refractivity contribution in [3.63, 3.8) is 0 Å². The number of benzene rings is 2. The van der Waals surface area contributed by atoms with Crippen molar-refractivity contribution >= 4 is 6.09 Å². The monoisotopic (exact) mass is 642 g/mol. The van der Waals surface area contributed by atoms with Gasteiger partial charge in [0, 0.05) is 50.0 Å². The van der Waals surface area contributed by atoms with Crippen molar-refractivity contribution in [3.8, 4) is 11.3 Å². The minimum atomic E-state index is -0.373. The van der Waals surface area contributed by atoms with Crippen molar-refractivity contribution in [2.75, 3.05) is 45.9 Å². The Morgan fingerprint density at radius 2 is 1.66 bits per heavy atom. The molecule has 47 heavy (non-hydrogen) atoms. The van der Waals surface area contributed by atoms with Gasteiger partial charge in [-0.1, -0.05) is 87.9 Å². The van der Waals surface area contributed by atoms with Gasteiger partial charge in [0.15, 0.2) is 0 Å². The molecule has 4 heterocycles. The molecule has 3 aromatic rings. The lowest BCUT2D eigenvalue weighted by Gasteiger charge is -2.42. The Morgan fingerprint density at radius 1 is 0.979 bits per heavy atom. The summed E-state index contributed by atoms with van der Waals surface area (Å²) in [5, 5.41) is 15.5. The number of nitrogens with one attached hydrogen (secondary N) is 1. The largest absolute Gasteiger partial charge is 0.429 e. The van der Waals surface area contributed by atoms with E-state index in [1.54, 1.807) is 0 Å². The molecule has 2 aromatic carbocycles. The molecule has 0 spiro atoms. The van der Waals surface area contributed by atoms with Crippen LogP contribution in [0.4, 0.5) is 4.79 Å². The van der Waals surface area contributed by atoms with Crippen molar-refractivity contribution < 1.29 is 14.7 Å². The first-order valence-corrected chi connectivity index (χ1v) is 17.8. The number of hydrogen-bond acceptors (Lipinski definition) is 7. The topological polar surface area (TPSA) is 86.1 Å². The molecule has 3 aliphatic heterocycles. The van der Waals surface area contributed by atoms with Crippen LogP contribution < -0.4 is 5.32 Å². The molecule has 9 nitrogen and oxygen atoms in total. The molecule has 3 fully saturated rings. The number of carbonyl (C=O) groups excluding carboxylic acids is 1. The van der Waals surface area contributed by atoms with E-state index < -0.39 is 0 Å². The van der Waals surface area contributed by atoms with Crippen LogP contribution in [0.5, 0.6) is 0 Å². The van der Waals surface area contributed by atoms with Crippen LogP contribution in [0.2, 0.25) is 0 Å². The highest BCUT2D eigenvalue weighted by molar-refractivity contribution is 5.68. The zero-order chi connectivity index (χ0) is 32.8. The number of imidazole rings is 1. The zero-order valence-electron chi connectivity index (χ0n) is 28.6. The van der Waals surface area contributed by atoms with Gasteiger partial charge in [-0.05, 0) is 68.6 Å². The summed E-state index contributed by atoms with van der Waals surface area (Å²) >= 11 is 0. The predicted molar refractivity (Wildman–Crippen MR) is 186 cm³/mol. The molecule has 0 aliphatic carbocycles. The molecule has 9 heteroatoms. The Hall–Kier alpha value is -3.24. The Labute approximate surface area is 280 Å². The minimum absolute atomic E-state index is 0.0402. The first-order chi connectivity index (χ1) is 22.8. The lowest BCUT2D eigenvalue weighted by molar-refractivity contribution is -0.139. The summed E-state index contributed by atoms with van der Waals surface area (Å²) in [7, 11) is 0. The van der Waals surface area contributed by atoms with Crippen LogP contribution in [-0.2, 0) is 11.4 Å². The molecule has 3 atom stereocenters. The molecule has 1 aromatic heterocycles. The smallest absolute Gasteiger partial charge is 0.395 e. The van der Waals surface area contributed by atoms with Gasteiger partial charge < -0.3 is 24.7 Å². The molecule has 2 N–H and O–H groups in total. The van der Waals surface area contributed by atoms with E-state index in [4.69, 9.17) is 9.82 Å². The molecule has 6 rings (SSSR count). The quantitative estimate of drug-likeness (QED) is 0.282. The van der Waals surface area contributed by atoms with Crippen LogP contribution in [0.3, 0.4) is 0 Å². The maximum Gasteiger partial charge on any atom is 0.429 e. The van der Waals surface area contributed by atoms with Gasteiger partial charge in [0.1, 0.15) is 5.82 Å². The van der Waals surface area contributed by atoms with E-state index in [1.165, 1.54) is 37.9 Å². The molecule has 0 unspecified atom stereocenters. The number of nitrogens with zero attached hydrogens (tertiary/aromatic N) is 5. The molecule has 3 saturated heterocycles. The summed E-state index contributed by atoms with van der Waals surface area (Å²) < 4.78 is 2.22. The minimum Gasteiger partial charge on any atom is -0.395 e. The standard InChI is InChI=1S/C38H54N6O3/c1-38(2,3)35(36-40-33(30-15-9-5-10-16-30)27-42(36)25-29-13-7-4-8-14-29)44(26-31-17-20-39-34(31)28-45)37(46)47-43-23-18-32(19-24-43)41-21-11-6-12-22-41/h4-5,7-10,13-16,27,31-32,34-35,39,45H,6,11-12,17-26,28H2,1-3H3/t31-,34+,35-/m0/s1. The third-order valence-electron chi connectivity index (χ3n) is 10.3. The number of carbonyl (C=O) groups is 1. The van der Waals surface area contributed by atoms with E-state index in [-0.39, 0.29) is 36.1 Å². The highest BCUT2D eigenvalue weighted by Gasteiger charge is 2.42. The zero-order valence-corrected chi connectivity index (χ0v) is 28.6. The van der Waals surface area contributed by atoms with E-state index >= 15 is 0 Å². The summed E-state index contributed by atoms with van der Waals surface area (Å²) in [6, 6.07) is 20.8. The van der Waals surface area contributed by atoms with Gasteiger partial charge in [-0.2, -0.15) is 0 Å². The van der Waals surface area contributed by atoms with Crippen LogP contribution in [0.1, 0.15) is 76.7 Å². The number of hydrogen-bond donors (Lipinski definition) is 2. The maximum atomic E-state index is 14.5. The summed E-state index contributed by atoms with van der Waals surface area (Å²) in [5.74, 6) is 0.945. The maximum absolute atomic E-state index is 14.5. The number of rotatable bonds is 10. The highest BCUT2D eigenvalue weighted by Crippen LogP contribution is 2.40. The van der Waals surface area contributed by atoms with E-state index in [9.17, 15) is 9.90 Å². The molecule has 0 bridgehead atoms. The fourth-order valence-electron chi connectivity index (χ4n) is 7.83. The van der Waals surface area contributed by atoms with Crippen molar-refractivity contribution in [2.45, 2.75) is 84.0 Å². The Balaban J connectivity index is 1.32. The SMILES string of the molecule is CC(C)(C)[C@H](c1nc(-c2ccccc2)cn1Cc1ccccc1)N(C[C@@H]1CCN[C@@H]1CO)C(=O)ON1CCC(N2CCCCC2)CC1. The highest BCUT2D eigenvalue weighted by atomic mass is 16.7. The number of amides is 1. The number of hydroxylamine groups is 2. The molecular weight excluding hydrogens is 588 g/mol. The van der Waals surface area contributed by atoms with E-state index in [0.29, 0.717) is 19.1 Å². The fraction of sp³-hybridized carbons (Fsp3) is 0.579. The summed E-state index contributed by atoms with van der Waals surface area (Å²) in [6.45, 7) is 12.4. The van der Waals surface area contributed by atoms with Crippen LogP contribution in [-0.4, -0.2) is 93.6 Å². The van der Waals surface area contributed by atoms with Crippen molar-refractivity contribution in [1.82, 2.24) is 29.7 Å². The van der Waals surface area contributed by atoms with E-state index in [1.807, 2.05) is 34.2 Å².